The molecule has 0 aromatic heterocycles. The Morgan fingerprint density at radius 3 is 2.75 bits per heavy atom. The number of esters is 1. The van der Waals surface area contributed by atoms with Crippen LogP contribution in [0.25, 0.3) is 0 Å². The van der Waals surface area contributed by atoms with Crippen molar-refractivity contribution in [2.45, 2.75) is 13.8 Å². The van der Waals surface area contributed by atoms with E-state index in [9.17, 15) is 9.90 Å². The molecule has 4 heteroatoms. The van der Waals surface area contributed by atoms with Crippen LogP contribution in [0.5, 0.6) is 17.2 Å². The molecule has 1 rings (SSSR count). The van der Waals surface area contributed by atoms with Gasteiger partial charge >= 0.3 is 5.97 Å². The highest BCUT2D eigenvalue weighted by molar-refractivity contribution is 5.89. The van der Waals surface area contributed by atoms with Crippen molar-refractivity contribution in [2.75, 3.05) is 6.61 Å². The minimum Gasteiger partial charge on any atom is -0.504 e. The number of aromatic hydroxyl groups is 1. The van der Waals surface area contributed by atoms with Crippen LogP contribution < -0.4 is 9.47 Å². The van der Waals surface area contributed by atoms with Crippen molar-refractivity contribution in [1.29, 1.82) is 0 Å². The lowest BCUT2D eigenvalue weighted by Gasteiger charge is -2.11. The van der Waals surface area contributed by atoms with E-state index in [1.54, 1.807) is 26.0 Å². The van der Waals surface area contributed by atoms with E-state index in [4.69, 9.17) is 9.47 Å². The van der Waals surface area contributed by atoms with Gasteiger partial charge in [0.2, 0.25) is 5.75 Å². The van der Waals surface area contributed by atoms with Crippen LogP contribution in [0.3, 0.4) is 0 Å². The fraction of sp³-hybridized carbons (Fsp3) is 0.250. The van der Waals surface area contributed by atoms with Gasteiger partial charge in [0.25, 0.3) is 0 Å². The van der Waals surface area contributed by atoms with Crippen LogP contribution in [0, 0.1) is 0 Å². The lowest BCUT2D eigenvalue weighted by molar-refractivity contribution is -0.130. The normalized spacial score (nSPS) is 9.62. The molecule has 0 aliphatic rings. The maximum atomic E-state index is 11.3. The maximum Gasteiger partial charge on any atom is 0.338 e. The Morgan fingerprint density at radius 2 is 2.19 bits per heavy atom. The van der Waals surface area contributed by atoms with Gasteiger partial charge in [0.1, 0.15) is 0 Å². The molecule has 0 heterocycles. The molecule has 0 unspecified atom stereocenters. The Labute approximate surface area is 94.1 Å². The number of carbonyl (C=O) groups is 1. The van der Waals surface area contributed by atoms with Crippen LogP contribution in [0.15, 0.2) is 30.4 Å². The minimum atomic E-state index is -0.549. The zero-order valence-electron chi connectivity index (χ0n) is 9.32. The van der Waals surface area contributed by atoms with Crippen molar-refractivity contribution in [3.05, 3.63) is 30.4 Å². The molecule has 0 saturated carbocycles. The SMILES string of the molecule is C=C(C)C(=O)Oc1cccc(O)c1OCC. The van der Waals surface area contributed by atoms with Crippen LogP contribution in [-0.2, 0) is 4.79 Å². The first-order valence-corrected chi connectivity index (χ1v) is 4.88. The molecule has 1 aromatic rings. The largest absolute Gasteiger partial charge is 0.504 e. The first-order valence-electron chi connectivity index (χ1n) is 4.88. The Kier molecular flexibility index (Phi) is 3.94. The molecule has 0 bridgehead atoms. The monoisotopic (exact) mass is 222 g/mol. The summed E-state index contributed by atoms with van der Waals surface area (Å²) in [6.07, 6.45) is 0. The highest BCUT2D eigenvalue weighted by Crippen LogP contribution is 2.36. The van der Waals surface area contributed by atoms with Gasteiger partial charge in [-0.2, -0.15) is 0 Å². The van der Waals surface area contributed by atoms with Gasteiger partial charge in [-0.3, -0.25) is 0 Å². The van der Waals surface area contributed by atoms with Crippen LogP contribution >= 0.6 is 0 Å². The van der Waals surface area contributed by atoms with Gasteiger partial charge in [-0.15, -0.1) is 0 Å². The summed E-state index contributed by atoms with van der Waals surface area (Å²) in [5.74, 6) is -0.255. The first-order chi connectivity index (χ1) is 7.56. The van der Waals surface area contributed by atoms with E-state index in [2.05, 4.69) is 6.58 Å². The number of carbonyl (C=O) groups excluding carboxylic acids is 1. The van der Waals surface area contributed by atoms with Crippen molar-refractivity contribution in [3.8, 4) is 17.2 Å². The zero-order valence-corrected chi connectivity index (χ0v) is 9.32. The van der Waals surface area contributed by atoms with Gasteiger partial charge in [-0.25, -0.2) is 4.79 Å². The number of hydrogen-bond donors (Lipinski definition) is 1. The van der Waals surface area contributed by atoms with Crippen molar-refractivity contribution in [1.82, 2.24) is 0 Å². The summed E-state index contributed by atoms with van der Waals surface area (Å²) in [5, 5.41) is 9.54. The van der Waals surface area contributed by atoms with Gasteiger partial charge in [0.15, 0.2) is 11.5 Å². The third-order valence-corrected chi connectivity index (χ3v) is 1.80. The van der Waals surface area contributed by atoms with E-state index in [1.807, 2.05) is 0 Å². The van der Waals surface area contributed by atoms with Gasteiger partial charge in [0.05, 0.1) is 6.61 Å². The average Bonchev–Trinajstić information content (AvgIpc) is 2.23. The molecule has 0 aliphatic heterocycles. The predicted molar refractivity (Wildman–Crippen MR) is 59.7 cm³/mol. The Bertz CT molecular complexity index is 409. The average molecular weight is 222 g/mol. The number of benzene rings is 1. The molecular weight excluding hydrogens is 208 g/mol. The second-order valence-corrected chi connectivity index (χ2v) is 3.21. The summed E-state index contributed by atoms with van der Waals surface area (Å²) < 4.78 is 10.2. The standard InChI is InChI=1S/C12H14O4/c1-4-15-11-9(13)6-5-7-10(11)16-12(14)8(2)3/h5-7,13H,2,4H2,1,3H3. The highest BCUT2D eigenvalue weighted by Gasteiger charge is 2.13. The van der Waals surface area contributed by atoms with Gasteiger partial charge in [-0.1, -0.05) is 12.6 Å². The summed E-state index contributed by atoms with van der Waals surface area (Å²) in [6, 6.07) is 4.58. The Morgan fingerprint density at radius 1 is 1.50 bits per heavy atom. The summed E-state index contributed by atoms with van der Waals surface area (Å²) >= 11 is 0. The van der Waals surface area contributed by atoms with Crippen LogP contribution in [0.1, 0.15) is 13.8 Å². The molecule has 16 heavy (non-hydrogen) atoms. The number of hydrogen-bond acceptors (Lipinski definition) is 4. The molecule has 0 radical (unpaired) electrons. The first kappa shape index (κ1) is 12.1. The summed E-state index contributed by atoms with van der Waals surface area (Å²) in [7, 11) is 0. The van der Waals surface area contributed by atoms with Crippen molar-refractivity contribution >= 4 is 5.97 Å². The number of para-hydroxylation sites is 1. The predicted octanol–water partition coefficient (Wildman–Crippen LogP) is 2.27. The topological polar surface area (TPSA) is 55.8 Å². The third-order valence-electron chi connectivity index (χ3n) is 1.80. The van der Waals surface area contributed by atoms with Crippen molar-refractivity contribution in [3.63, 3.8) is 0 Å². The molecule has 86 valence electrons. The van der Waals surface area contributed by atoms with E-state index in [0.29, 0.717) is 6.61 Å². The number of phenolic OH excluding ortho intramolecular Hbond substituents is 1. The molecule has 0 amide bonds. The van der Waals surface area contributed by atoms with E-state index in [1.165, 1.54) is 6.07 Å². The molecular formula is C12H14O4. The second-order valence-electron chi connectivity index (χ2n) is 3.21. The fourth-order valence-corrected chi connectivity index (χ4v) is 1.06. The van der Waals surface area contributed by atoms with E-state index in [0.717, 1.165) is 0 Å². The van der Waals surface area contributed by atoms with Crippen molar-refractivity contribution in [2.24, 2.45) is 0 Å². The summed E-state index contributed by atoms with van der Waals surface area (Å²) in [5.41, 5.74) is 0.283. The molecule has 0 fully saturated rings. The van der Waals surface area contributed by atoms with E-state index < -0.39 is 5.97 Å². The summed E-state index contributed by atoms with van der Waals surface area (Å²) in [4.78, 5) is 11.3. The van der Waals surface area contributed by atoms with E-state index >= 15 is 0 Å². The van der Waals surface area contributed by atoms with Gasteiger partial charge in [0, 0.05) is 5.57 Å². The molecule has 0 aliphatic carbocycles. The zero-order chi connectivity index (χ0) is 12.1. The number of phenols is 1. The van der Waals surface area contributed by atoms with Gasteiger partial charge < -0.3 is 14.6 Å². The van der Waals surface area contributed by atoms with Crippen molar-refractivity contribution < 1.29 is 19.4 Å². The van der Waals surface area contributed by atoms with Crippen LogP contribution in [0.4, 0.5) is 0 Å². The molecule has 0 atom stereocenters. The second kappa shape index (κ2) is 5.21. The highest BCUT2D eigenvalue weighted by atomic mass is 16.6. The molecule has 1 aromatic carbocycles. The van der Waals surface area contributed by atoms with Crippen LogP contribution in [0.2, 0.25) is 0 Å². The molecule has 0 spiro atoms. The van der Waals surface area contributed by atoms with E-state index in [-0.39, 0.29) is 22.8 Å². The minimum absolute atomic E-state index is 0.0612. The van der Waals surface area contributed by atoms with Crippen LogP contribution in [-0.4, -0.2) is 17.7 Å². The van der Waals surface area contributed by atoms with Gasteiger partial charge in [-0.05, 0) is 26.0 Å². The smallest absolute Gasteiger partial charge is 0.338 e. The molecule has 1 N–H and O–H groups in total. The Hall–Kier alpha value is -1.97. The summed E-state index contributed by atoms with van der Waals surface area (Å²) in [6.45, 7) is 7.16. The quantitative estimate of drug-likeness (QED) is 0.482. The number of rotatable bonds is 4. The fourth-order valence-electron chi connectivity index (χ4n) is 1.06. The maximum absolute atomic E-state index is 11.3. The molecule has 4 nitrogen and oxygen atoms in total. The molecule has 0 saturated heterocycles. The Balaban J connectivity index is 2.99. The third kappa shape index (κ3) is 2.76. The number of ether oxygens (including phenoxy) is 2. The lowest BCUT2D eigenvalue weighted by Crippen LogP contribution is -2.09. The lowest BCUT2D eigenvalue weighted by atomic mass is 10.3.